The molecule has 146 valence electrons. The molecule has 27 heavy (non-hydrogen) atoms. The Labute approximate surface area is 159 Å². The molecule has 1 aromatic carbocycles. The van der Waals surface area contributed by atoms with Crippen LogP contribution in [-0.2, 0) is 28.9 Å². The average molecular weight is 391 g/mol. The van der Waals surface area contributed by atoms with Gasteiger partial charge < -0.3 is 14.6 Å². The molecule has 0 aliphatic carbocycles. The van der Waals surface area contributed by atoms with E-state index in [4.69, 9.17) is 4.74 Å². The molecule has 3 heterocycles. The van der Waals surface area contributed by atoms with Crippen molar-refractivity contribution in [3.05, 3.63) is 41.5 Å². The van der Waals surface area contributed by atoms with Gasteiger partial charge in [0.2, 0.25) is 10.0 Å². The third kappa shape index (κ3) is 3.85. The lowest BCUT2D eigenvalue weighted by atomic mass is 9.97. The molecule has 2 aliphatic heterocycles. The summed E-state index contributed by atoms with van der Waals surface area (Å²) < 4.78 is 34.6. The lowest BCUT2D eigenvalue weighted by Crippen LogP contribution is -2.39. The van der Waals surface area contributed by atoms with E-state index in [9.17, 15) is 8.42 Å². The quantitative estimate of drug-likeness (QED) is 0.821. The minimum Gasteiger partial charge on any atom is -0.497 e. The molecular weight excluding hydrogens is 366 g/mol. The minimum absolute atomic E-state index is 0.000860. The molecule has 2 aromatic rings. The van der Waals surface area contributed by atoms with Gasteiger partial charge in [-0.1, -0.05) is 12.1 Å². The van der Waals surface area contributed by atoms with E-state index >= 15 is 0 Å². The number of aromatic nitrogens is 3. The van der Waals surface area contributed by atoms with E-state index in [0.29, 0.717) is 18.8 Å². The Morgan fingerprint density at radius 2 is 2.04 bits per heavy atom. The van der Waals surface area contributed by atoms with Gasteiger partial charge >= 0.3 is 0 Å². The summed E-state index contributed by atoms with van der Waals surface area (Å²) in [4.78, 5) is 0. The summed E-state index contributed by atoms with van der Waals surface area (Å²) in [5.41, 5.74) is 0.746. The van der Waals surface area contributed by atoms with Crippen LogP contribution < -0.4 is 10.1 Å². The zero-order valence-corrected chi connectivity index (χ0v) is 16.3. The number of benzene rings is 1. The van der Waals surface area contributed by atoms with E-state index in [1.54, 1.807) is 17.5 Å². The van der Waals surface area contributed by atoms with Crippen LogP contribution in [0.1, 0.15) is 36.0 Å². The third-order valence-electron chi connectivity index (χ3n) is 5.35. The average Bonchev–Trinajstić information content (AvgIpc) is 3.12. The molecule has 0 unspecified atom stereocenters. The topological polar surface area (TPSA) is 89.4 Å². The van der Waals surface area contributed by atoms with Crippen LogP contribution in [0.15, 0.2) is 24.3 Å². The maximum atomic E-state index is 12.8. The predicted molar refractivity (Wildman–Crippen MR) is 101 cm³/mol. The smallest absolute Gasteiger partial charge is 0.218 e. The van der Waals surface area contributed by atoms with Crippen molar-refractivity contribution in [1.29, 1.82) is 0 Å². The fourth-order valence-corrected chi connectivity index (χ4v) is 5.42. The van der Waals surface area contributed by atoms with Crippen molar-refractivity contribution < 1.29 is 13.2 Å². The predicted octanol–water partition coefficient (Wildman–Crippen LogP) is 1.10. The monoisotopic (exact) mass is 391 g/mol. The lowest BCUT2D eigenvalue weighted by molar-refractivity contribution is 0.306. The van der Waals surface area contributed by atoms with Gasteiger partial charge in [-0.3, -0.25) is 0 Å². The molecule has 9 heteroatoms. The normalized spacial score (nSPS) is 19.0. The molecule has 0 bridgehead atoms. The van der Waals surface area contributed by atoms with Crippen molar-refractivity contribution in [3.63, 3.8) is 0 Å². The van der Waals surface area contributed by atoms with Crippen LogP contribution in [0.5, 0.6) is 5.75 Å². The van der Waals surface area contributed by atoms with Crippen LogP contribution in [0.4, 0.5) is 0 Å². The Kier molecular flexibility index (Phi) is 5.16. The number of nitrogens with zero attached hydrogens (tertiary/aromatic N) is 4. The number of piperidine rings is 1. The van der Waals surface area contributed by atoms with Gasteiger partial charge in [0.1, 0.15) is 17.4 Å². The maximum absolute atomic E-state index is 12.8. The largest absolute Gasteiger partial charge is 0.497 e. The molecule has 4 rings (SSSR count). The molecule has 0 saturated carbocycles. The summed E-state index contributed by atoms with van der Waals surface area (Å²) >= 11 is 0. The number of hydrogen-bond acceptors (Lipinski definition) is 6. The molecule has 0 radical (unpaired) electrons. The number of rotatable bonds is 5. The SMILES string of the molecule is COc1cccc(CS(=O)(=O)N2CCC(c3nnc4n3CCNC4)CC2)c1. The first-order valence-corrected chi connectivity index (χ1v) is 10.9. The first kappa shape index (κ1) is 18.4. The maximum Gasteiger partial charge on any atom is 0.218 e. The van der Waals surface area contributed by atoms with Gasteiger partial charge in [-0.2, -0.15) is 0 Å². The summed E-state index contributed by atoms with van der Waals surface area (Å²) in [6.07, 6.45) is 1.56. The summed E-state index contributed by atoms with van der Waals surface area (Å²) in [6, 6.07) is 7.24. The van der Waals surface area contributed by atoms with Crippen LogP contribution in [0, 0.1) is 0 Å². The molecule has 8 nitrogen and oxygen atoms in total. The number of ether oxygens (including phenoxy) is 1. The van der Waals surface area contributed by atoms with Crippen molar-refractivity contribution in [3.8, 4) is 5.75 Å². The molecule has 1 aromatic heterocycles. The molecule has 1 N–H and O–H groups in total. The molecule has 1 saturated heterocycles. The second-order valence-electron chi connectivity index (χ2n) is 7.08. The highest BCUT2D eigenvalue weighted by Crippen LogP contribution is 2.30. The van der Waals surface area contributed by atoms with Crippen LogP contribution in [0.25, 0.3) is 0 Å². The Balaban J connectivity index is 1.41. The van der Waals surface area contributed by atoms with Crippen molar-refractivity contribution in [2.24, 2.45) is 0 Å². The first-order chi connectivity index (χ1) is 13.1. The van der Waals surface area contributed by atoms with E-state index in [-0.39, 0.29) is 11.7 Å². The molecule has 0 spiro atoms. The van der Waals surface area contributed by atoms with Crippen LogP contribution >= 0.6 is 0 Å². The first-order valence-electron chi connectivity index (χ1n) is 9.30. The van der Waals surface area contributed by atoms with Crippen LogP contribution in [-0.4, -0.2) is 54.2 Å². The molecule has 2 aliphatic rings. The van der Waals surface area contributed by atoms with Gasteiger partial charge in [0.15, 0.2) is 0 Å². The van der Waals surface area contributed by atoms with Crippen molar-refractivity contribution in [1.82, 2.24) is 24.4 Å². The fourth-order valence-electron chi connectivity index (χ4n) is 3.87. The van der Waals surface area contributed by atoms with Gasteiger partial charge in [-0.05, 0) is 30.5 Å². The van der Waals surface area contributed by atoms with Gasteiger partial charge in [-0.15, -0.1) is 10.2 Å². The van der Waals surface area contributed by atoms with Crippen LogP contribution in [0.2, 0.25) is 0 Å². The second kappa shape index (κ2) is 7.57. The number of methoxy groups -OCH3 is 1. The second-order valence-corrected chi connectivity index (χ2v) is 9.05. The Bertz CT molecular complexity index is 903. The molecule has 0 atom stereocenters. The van der Waals surface area contributed by atoms with Crippen molar-refractivity contribution >= 4 is 10.0 Å². The fraction of sp³-hybridized carbons (Fsp3) is 0.556. The number of fused-ring (bicyclic) bond motifs is 1. The van der Waals surface area contributed by atoms with Gasteiger partial charge in [0.05, 0.1) is 19.4 Å². The number of nitrogens with one attached hydrogen (secondary N) is 1. The van der Waals surface area contributed by atoms with Crippen molar-refractivity contribution in [2.45, 2.75) is 37.6 Å². The zero-order chi connectivity index (χ0) is 18.9. The summed E-state index contributed by atoms with van der Waals surface area (Å²) in [5.74, 6) is 2.93. The summed E-state index contributed by atoms with van der Waals surface area (Å²) in [5, 5.41) is 12.0. The third-order valence-corrected chi connectivity index (χ3v) is 7.20. The zero-order valence-electron chi connectivity index (χ0n) is 15.5. The van der Waals surface area contributed by atoms with Gasteiger partial charge in [0, 0.05) is 32.1 Å². The highest BCUT2D eigenvalue weighted by Gasteiger charge is 2.31. The number of sulfonamides is 1. The van der Waals surface area contributed by atoms with E-state index in [2.05, 4.69) is 20.1 Å². The van der Waals surface area contributed by atoms with E-state index < -0.39 is 10.0 Å². The highest BCUT2D eigenvalue weighted by atomic mass is 32.2. The van der Waals surface area contributed by atoms with E-state index in [1.165, 1.54) is 0 Å². The van der Waals surface area contributed by atoms with Crippen molar-refractivity contribution in [2.75, 3.05) is 26.7 Å². The Morgan fingerprint density at radius 3 is 2.81 bits per heavy atom. The number of hydrogen-bond donors (Lipinski definition) is 1. The summed E-state index contributed by atoms with van der Waals surface area (Å²) in [7, 11) is -1.76. The Hall–Kier alpha value is -1.97. The Morgan fingerprint density at radius 1 is 1.22 bits per heavy atom. The highest BCUT2D eigenvalue weighted by molar-refractivity contribution is 7.88. The molecule has 1 fully saturated rings. The van der Waals surface area contributed by atoms with Gasteiger partial charge in [-0.25, -0.2) is 12.7 Å². The standard InChI is InChI=1S/C18H25N5O3S/c1-26-16-4-2-3-14(11-16)13-27(24,25)22-8-5-15(6-9-22)18-21-20-17-12-19-7-10-23(17)18/h2-4,11,15,19H,5-10,12-13H2,1H3. The molecular formula is C18H25N5O3S. The van der Waals surface area contributed by atoms with Gasteiger partial charge in [0.25, 0.3) is 0 Å². The summed E-state index contributed by atoms with van der Waals surface area (Å²) in [6.45, 7) is 3.60. The van der Waals surface area contributed by atoms with Crippen LogP contribution in [0.3, 0.4) is 0 Å². The molecule has 0 amide bonds. The van der Waals surface area contributed by atoms with E-state index in [0.717, 1.165) is 49.7 Å². The minimum atomic E-state index is -3.35. The van der Waals surface area contributed by atoms with E-state index in [1.807, 2.05) is 18.2 Å². The lowest BCUT2D eigenvalue weighted by Gasteiger charge is -2.31.